The van der Waals surface area contributed by atoms with Gasteiger partial charge in [-0.05, 0) is 23.0 Å². The van der Waals surface area contributed by atoms with Gasteiger partial charge in [0, 0.05) is 12.7 Å². The number of nitrogens with one attached hydrogen (secondary N) is 1. The lowest BCUT2D eigenvalue weighted by atomic mass is 10.4. The van der Waals surface area contributed by atoms with Crippen LogP contribution in [0.5, 0.6) is 0 Å². The Morgan fingerprint density at radius 1 is 1.70 bits per heavy atom. The van der Waals surface area contributed by atoms with Gasteiger partial charge in [0.15, 0.2) is 0 Å². The predicted molar refractivity (Wildman–Crippen MR) is 42.5 cm³/mol. The van der Waals surface area contributed by atoms with Crippen LogP contribution in [0.4, 0.5) is 0 Å². The van der Waals surface area contributed by atoms with Crippen molar-refractivity contribution in [3.8, 4) is 0 Å². The first-order chi connectivity index (χ1) is 4.84. The third kappa shape index (κ3) is 1.75. The van der Waals surface area contributed by atoms with E-state index >= 15 is 0 Å². The Bertz CT molecular complexity index is 214. The Labute approximate surface area is 68.0 Å². The lowest BCUT2D eigenvalue weighted by molar-refractivity contribution is 0.781. The topological polar surface area (TPSA) is 37.8 Å². The molecule has 0 bridgehead atoms. The molecule has 1 heterocycles. The normalized spacial score (nSPS) is 9.80. The van der Waals surface area contributed by atoms with Crippen molar-refractivity contribution in [1.29, 1.82) is 0 Å². The average molecular weight is 202 g/mol. The molecule has 0 radical (unpaired) electrons. The van der Waals surface area contributed by atoms with Crippen LogP contribution >= 0.6 is 15.9 Å². The first kappa shape index (κ1) is 7.63. The lowest BCUT2D eigenvalue weighted by Gasteiger charge is -1.98. The van der Waals surface area contributed by atoms with Crippen molar-refractivity contribution in [2.45, 2.75) is 6.54 Å². The van der Waals surface area contributed by atoms with Crippen molar-refractivity contribution in [3.63, 3.8) is 0 Å². The van der Waals surface area contributed by atoms with Gasteiger partial charge in [-0.15, -0.1) is 0 Å². The molecular weight excluding hydrogens is 194 g/mol. The van der Waals surface area contributed by atoms with Crippen LogP contribution in [0.15, 0.2) is 17.0 Å². The first-order valence-corrected chi connectivity index (χ1v) is 3.73. The van der Waals surface area contributed by atoms with E-state index in [0.29, 0.717) is 0 Å². The van der Waals surface area contributed by atoms with E-state index in [2.05, 4.69) is 31.2 Å². The number of aromatic nitrogens is 2. The minimum atomic E-state index is 0.767. The monoisotopic (exact) mass is 201 g/mol. The largest absolute Gasteiger partial charge is 0.314 e. The molecule has 54 valence electrons. The highest BCUT2D eigenvalue weighted by molar-refractivity contribution is 9.10. The number of rotatable bonds is 2. The quantitative estimate of drug-likeness (QED) is 0.775. The Kier molecular flexibility index (Phi) is 2.77. The minimum Gasteiger partial charge on any atom is -0.314 e. The van der Waals surface area contributed by atoms with Crippen LogP contribution in [0.1, 0.15) is 5.69 Å². The number of nitrogens with zero attached hydrogens (tertiary/aromatic N) is 2. The minimum absolute atomic E-state index is 0.767. The molecule has 1 rings (SSSR count). The maximum Gasteiger partial charge on any atom is 0.115 e. The fourth-order valence-corrected chi connectivity index (χ4v) is 0.996. The summed E-state index contributed by atoms with van der Waals surface area (Å²) in [4.78, 5) is 7.89. The highest BCUT2D eigenvalue weighted by Gasteiger charge is 1.96. The van der Waals surface area contributed by atoms with E-state index in [1.807, 2.05) is 7.05 Å². The maximum atomic E-state index is 4.05. The molecule has 1 aromatic heterocycles. The van der Waals surface area contributed by atoms with Gasteiger partial charge in [-0.2, -0.15) is 0 Å². The molecule has 0 unspecified atom stereocenters. The Hall–Kier alpha value is -0.480. The van der Waals surface area contributed by atoms with Gasteiger partial charge >= 0.3 is 0 Å². The summed E-state index contributed by atoms with van der Waals surface area (Å²) in [5.74, 6) is 0. The van der Waals surface area contributed by atoms with Crippen LogP contribution in [-0.4, -0.2) is 17.0 Å². The molecular formula is C6H8BrN3. The van der Waals surface area contributed by atoms with Crippen LogP contribution in [0, 0.1) is 0 Å². The van der Waals surface area contributed by atoms with E-state index in [1.54, 1.807) is 6.20 Å². The van der Waals surface area contributed by atoms with Crippen molar-refractivity contribution in [2.75, 3.05) is 7.05 Å². The summed E-state index contributed by atoms with van der Waals surface area (Å²) in [6.45, 7) is 0.767. The third-order valence-electron chi connectivity index (χ3n) is 1.09. The van der Waals surface area contributed by atoms with Gasteiger partial charge < -0.3 is 5.32 Å². The first-order valence-electron chi connectivity index (χ1n) is 2.93. The molecule has 0 aliphatic rings. The molecule has 1 N–H and O–H groups in total. The fraction of sp³-hybridized carbons (Fsp3) is 0.333. The van der Waals surface area contributed by atoms with E-state index < -0.39 is 0 Å². The zero-order valence-electron chi connectivity index (χ0n) is 5.63. The predicted octanol–water partition coefficient (Wildman–Crippen LogP) is 0.958. The van der Waals surface area contributed by atoms with Gasteiger partial charge in [0.25, 0.3) is 0 Å². The van der Waals surface area contributed by atoms with Gasteiger partial charge in [0.1, 0.15) is 6.33 Å². The van der Waals surface area contributed by atoms with Crippen molar-refractivity contribution >= 4 is 15.9 Å². The zero-order valence-corrected chi connectivity index (χ0v) is 7.22. The molecule has 4 heteroatoms. The summed E-state index contributed by atoms with van der Waals surface area (Å²) in [7, 11) is 1.88. The van der Waals surface area contributed by atoms with Crippen molar-refractivity contribution in [1.82, 2.24) is 15.3 Å². The molecule has 0 amide bonds. The van der Waals surface area contributed by atoms with Crippen LogP contribution in [-0.2, 0) is 6.54 Å². The number of hydrogen-bond acceptors (Lipinski definition) is 3. The summed E-state index contributed by atoms with van der Waals surface area (Å²) in [5, 5.41) is 3.00. The molecule has 0 fully saturated rings. The van der Waals surface area contributed by atoms with Crippen LogP contribution in [0.3, 0.4) is 0 Å². The standard InChI is InChI=1S/C6H8BrN3/c1-8-3-6-5(7)2-9-4-10-6/h2,4,8H,3H2,1H3. The highest BCUT2D eigenvalue weighted by atomic mass is 79.9. The fourth-order valence-electron chi connectivity index (χ4n) is 0.636. The second kappa shape index (κ2) is 3.63. The molecule has 0 spiro atoms. The summed E-state index contributed by atoms with van der Waals surface area (Å²) in [6, 6.07) is 0. The number of hydrogen-bond donors (Lipinski definition) is 1. The number of halogens is 1. The second-order valence-corrected chi connectivity index (χ2v) is 2.70. The molecule has 3 nitrogen and oxygen atoms in total. The van der Waals surface area contributed by atoms with Gasteiger partial charge in [-0.25, -0.2) is 9.97 Å². The Balaban J connectivity index is 2.81. The van der Waals surface area contributed by atoms with E-state index in [-0.39, 0.29) is 0 Å². The summed E-state index contributed by atoms with van der Waals surface area (Å²) < 4.78 is 0.948. The van der Waals surface area contributed by atoms with Gasteiger partial charge in [0.2, 0.25) is 0 Å². The molecule has 0 aliphatic heterocycles. The lowest BCUT2D eigenvalue weighted by Crippen LogP contribution is -2.07. The van der Waals surface area contributed by atoms with Crippen LogP contribution in [0.2, 0.25) is 0 Å². The van der Waals surface area contributed by atoms with E-state index in [0.717, 1.165) is 16.7 Å². The molecule has 0 saturated carbocycles. The Morgan fingerprint density at radius 3 is 3.10 bits per heavy atom. The van der Waals surface area contributed by atoms with Gasteiger partial charge in [0.05, 0.1) is 10.2 Å². The molecule has 0 atom stereocenters. The van der Waals surface area contributed by atoms with Crippen LogP contribution in [0.25, 0.3) is 0 Å². The highest BCUT2D eigenvalue weighted by Crippen LogP contribution is 2.10. The van der Waals surface area contributed by atoms with Crippen molar-refractivity contribution in [2.24, 2.45) is 0 Å². The average Bonchev–Trinajstić information content (AvgIpc) is 1.94. The molecule has 1 aromatic rings. The second-order valence-electron chi connectivity index (χ2n) is 1.85. The van der Waals surface area contributed by atoms with Crippen molar-refractivity contribution < 1.29 is 0 Å². The Morgan fingerprint density at radius 2 is 2.50 bits per heavy atom. The summed E-state index contributed by atoms with van der Waals surface area (Å²) in [6.07, 6.45) is 3.27. The van der Waals surface area contributed by atoms with E-state index in [9.17, 15) is 0 Å². The maximum absolute atomic E-state index is 4.05. The SMILES string of the molecule is CNCc1ncncc1Br. The smallest absolute Gasteiger partial charge is 0.115 e. The molecule has 0 saturated heterocycles. The molecule has 0 aliphatic carbocycles. The molecule has 10 heavy (non-hydrogen) atoms. The summed E-state index contributed by atoms with van der Waals surface area (Å²) in [5.41, 5.74) is 0.984. The zero-order chi connectivity index (χ0) is 7.40. The van der Waals surface area contributed by atoms with Crippen molar-refractivity contribution in [3.05, 3.63) is 22.7 Å². The van der Waals surface area contributed by atoms with E-state index in [4.69, 9.17) is 0 Å². The van der Waals surface area contributed by atoms with Gasteiger partial charge in [-0.1, -0.05) is 0 Å². The summed E-state index contributed by atoms with van der Waals surface area (Å²) >= 11 is 3.33. The van der Waals surface area contributed by atoms with Crippen LogP contribution < -0.4 is 5.32 Å². The van der Waals surface area contributed by atoms with E-state index in [1.165, 1.54) is 6.33 Å². The third-order valence-corrected chi connectivity index (χ3v) is 1.75. The molecule has 0 aromatic carbocycles. The van der Waals surface area contributed by atoms with Gasteiger partial charge in [-0.3, -0.25) is 0 Å².